The molecule has 0 aromatic heterocycles. The molecule has 0 radical (unpaired) electrons. The summed E-state index contributed by atoms with van der Waals surface area (Å²) in [6, 6.07) is -2.84. The zero-order valence-electron chi connectivity index (χ0n) is 14.8. The van der Waals surface area contributed by atoms with Crippen molar-refractivity contribution in [2.24, 2.45) is 17.6 Å². The Kier molecular flexibility index (Phi) is 8.97. The number of carbonyl (C=O) groups is 4. The minimum Gasteiger partial charge on any atom is -0.480 e. The highest BCUT2D eigenvalue weighted by Gasteiger charge is 2.31. The lowest BCUT2D eigenvalue weighted by molar-refractivity contribution is -0.143. The van der Waals surface area contributed by atoms with Crippen molar-refractivity contribution in [2.75, 3.05) is 6.54 Å². The first-order chi connectivity index (χ1) is 11.0. The van der Waals surface area contributed by atoms with Gasteiger partial charge in [0.15, 0.2) is 0 Å². The summed E-state index contributed by atoms with van der Waals surface area (Å²) in [5, 5.41) is 16.5. The third-order valence-electron chi connectivity index (χ3n) is 3.43. The molecule has 0 aromatic rings. The summed E-state index contributed by atoms with van der Waals surface area (Å²) in [6.07, 6.45) is 0. The second kappa shape index (κ2) is 9.86. The quantitative estimate of drug-likeness (QED) is 0.355. The maximum Gasteiger partial charge on any atom is 0.326 e. The Morgan fingerprint density at radius 2 is 1.29 bits per heavy atom. The average Bonchev–Trinajstić information content (AvgIpc) is 2.48. The molecule has 0 aliphatic rings. The Bertz CT molecular complexity index is 478. The molecule has 0 spiro atoms. The van der Waals surface area contributed by atoms with Gasteiger partial charge in [-0.25, -0.2) is 4.79 Å². The molecule has 0 fully saturated rings. The number of rotatable bonds is 9. The fourth-order valence-corrected chi connectivity index (χ4v) is 1.94. The van der Waals surface area contributed by atoms with Crippen LogP contribution in [0.2, 0.25) is 0 Å². The topological polar surface area (TPSA) is 151 Å². The smallest absolute Gasteiger partial charge is 0.326 e. The third kappa shape index (κ3) is 6.95. The number of amides is 3. The fraction of sp³-hybridized carbons (Fsp3) is 0.733. The molecule has 0 rings (SSSR count). The highest BCUT2D eigenvalue weighted by atomic mass is 16.4. The van der Waals surface area contributed by atoms with E-state index in [1.807, 2.05) is 0 Å². The molecule has 0 bridgehead atoms. The van der Waals surface area contributed by atoms with Gasteiger partial charge in [0.1, 0.15) is 18.1 Å². The number of carboxylic acid groups (broad SMARTS) is 1. The number of nitrogens with two attached hydrogens (primary N) is 1. The molecule has 6 N–H and O–H groups in total. The molecule has 24 heavy (non-hydrogen) atoms. The lowest BCUT2D eigenvalue weighted by atomic mass is 10.00. The number of nitrogens with one attached hydrogen (secondary N) is 3. The molecule has 9 nitrogen and oxygen atoms in total. The van der Waals surface area contributed by atoms with Crippen LogP contribution in [0.5, 0.6) is 0 Å². The van der Waals surface area contributed by atoms with Crippen molar-refractivity contribution >= 4 is 23.7 Å². The predicted molar refractivity (Wildman–Crippen MR) is 87.8 cm³/mol. The normalized spacial score (nSPS) is 14.7. The van der Waals surface area contributed by atoms with E-state index in [9.17, 15) is 19.2 Å². The minimum absolute atomic E-state index is 0.250. The molecule has 0 saturated carbocycles. The molecule has 0 aliphatic heterocycles. The highest BCUT2D eigenvalue weighted by molar-refractivity contribution is 5.93. The summed E-state index contributed by atoms with van der Waals surface area (Å²) in [6.45, 7) is 8.00. The van der Waals surface area contributed by atoms with Gasteiger partial charge < -0.3 is 26.8 Å². The lowest BCUT2D eigenvalue weighted by Gasteiger charge is -2.26. The van der Waals surface area contributed by atoms with Crippen molar-refractivity contribution in [3.05, 3.63) is 0 Å². The number of carbonyl (C=O) groups excluding carboxylic acids is 3. The first-order valence-corrected chi connectivity index (χ1v) is 7.84. The number of aliphatic carboxylic acids is 1. The van der Waals surface area contributed by atoms with E-state index < -0.39 is 41.8 Å². The lowest BCUT2D eigenvalue weighted by Crippen LogP contribution is -2.57. The number of hydrogen-bond donors (Lipinski definition) is 5. The molecule has 9 heteroatoms. The Morgan fingerprint density at radius 3 is 1.67 bits per heavy atom. The van der Waals surface area contributed by atoms with Gasteiger partial charge in [-0.05, 0) is 18.8 Å². The van der Waals surface area contributed by atoms with Gasteiger partial charge in [0.25, 0.3) is 0 Å². The van der Waals surface area contributed by atoms with Crippen molar-refractivity contribution in [3.63, 3.8) is 0 Å². The summed E-state index contributed by atoms with van der Waals surface area (Å²) in [5.74, 6) is -3.35. The van der Waals surface area contributed by atoms with Crippen LogP contribution in [0.25, 0.3) is 0 Å². The molecule has 138 valence electrons. The summed E-state index contributed by atoms with van der Waals surface area (Å²) in [4.78, 5) is 46.9. The van der Waals surface area contributed by atoms with Gasteiger partial charge in [0.05, 0.1) is 6.54 Å². The molecule has 3 amide bonds. The Balaban J connectivity index is 4.97. The third-order valence-corrected chi connectivity index (χ3v) is 3.43. The van der Waals surface area contributed by atoms with E-state index in [1.165, 1.54) is 6.92 Å². The monoisotopic (exact) mass is 344 g/mol. The van der Waals surface area contributed by atoms with Gasteiger partial charge in [0, 0.05) is 0 Å². The molecular formula is C15H28N4O5. The van der Waals surface area contributed by atoms with E-state index in [4.69, 9.17) is 10.8 Å². The fourth-order valence-electron chi connectivity index (χ4n) is 1.94. The first kappa shape index (κ1) is 21.8. The number of carboxylic acids is 1. The first-order valence-electron chi connectivity index (χ1n) is 7.84. The van der Waals surface area contributed by atoms with Crippen LogP contribution in [0.3, 0.4) is 0 Å². The van der Waals surface area contributed by atoms with Gasteiger partial charge in [-0.15, -0.1) is 0 Å². The van der Waals surface area contributed by atoms with Gasteiger partial charge in [-0.3, -0.25) is 14.4 Å². The summed E-state index contributed by atoms with van der Waals surface area (Å²) >= 11 is 0. The Hall–Kier alpha value is -2.16. The maximum atomic E-state index is 12.3. The average molecular weight is 344 g/mol. The SMILES string of the molecule is CC(NC(=O)CN)C(=O)NC(C(=O)NC(C(=O)O)C(C)C)C(C)C. The summed E-state index contributed by atoms with van der Waals surface area (Å²) in [7, 11) is 0. The molecular weight excluding hydrogens is 316 g/mol. The standard InChI is InChI=1S/C15H28N4O5/c1-7(2)11(14(22)19-12(8(3)4)15(23)24)18-13(21)9(5)17-10(20)6-16/h7-9,11-12H,6,16H2,1-5H3,(H,17,20)(H,18,21)(H,19,22)(H,23,24). The van der Waals surface area contributed by atoms with Gasteiger partial charge in [-0.2, -0.15) is 0 Å². The molecule has 0 saturated heterocycles. The van der Waals surface area contributed by atoms with Crippen molar-refractivity contribution in [3.8, 4) is 0 Å². The molecule has 0 aromatic carbocycles. The van der Waals surface area contributed by atoms with E-state index >= 15 is 0 Å². The zero-order valence-corrected chi connectivity index (χ0v) is 14.8. The van der Waals surface area contributed by atoms with Crippen molar-refractivity contribution in [1.29, 1.82) is 0 Å². The molecule has 0 aliphatic carbocycles. The van der Waals surface area contributed by atoms with Crippen LogP contribution in [0, 0.1) is 11.8 Å². The van der Waals surface area contributed by atoms with E-state index in [-0.39, 0.29) is 18.4 Å². The van der Waals surface area contributed by atoms with Crippen LogP contribution in [-0.4, -0.2) is 53.5 Å². The van der Waals surface area contributed by atoms with Crippen LogP contribution in [0.4, 0.5) is 0 Å². The van der Waals surface area contributed by atoms with E-state index in [0.717, 1.165) is 0 Å². The largest absolute Gasteiger partial charge is 0.480 e. The van der Waals surface area contributed by atoms with E-state index in [1.54, 1.807) is 27.7 Å². The van der Waals surface area contributed by atoms with Crippen LogP contribution >= 0.6 is 0 Å². The summed E-state index contributed by atoms with van der Waals surface area (Å²) in [5.41, 5.74) is 5.17. The van der Waals surface area contributed by atoms with Crippen molar-refractivity contribution < 1.29 is 24.3 Å². The second-order valence-electron chi connectivity index (χ2n) is 6.29. The van der Waals surface area contributed by atoms with Crippen LogP contribution in [-0.2, 0) is 19.2 Å². The van der Waals surface area contributed by atoms with Gasteiger partial charge >= 0.3 is 5.97 Å². The minimum atomic E-state index is -1.14. The van der Waals surface area contributed by atoms with Crippen LogP contribution < -0.4 is 21.7 Å². The Labute approximate surface area is 141 Å². The summed E-state index contributed by atoms with van der Waals surface area (Å²) < 4.78 is 0. The number of hydrogen-bond acceptors (Lipinski definition) is 5. The van der Waals surface area contributed by atoms with Gasteiger partial charge in [-0.1, -0.05) is 27.7 Å². The van der Waals surface area contributed by atoms with E-state index in [0.29, 0.717) is 0 Å². The Morgan fingerprint density at radius 1 is 0.833 bits per heavy atom. The second-order valence-corrected chi connectivity index (χ2v) is 6.29. The zero-order chi connectivity index (χ0) is 19.0. The van der Waals surface area contributed by atoms with Crippen LogP contribution in [0.1, 0.15) is 34.6 Å². The van der Waals surface area contributed by atoms with Gasteiger partial charge in [0.2, 0.25) is 17.7 Å². The van der Waals surface area contributed by atoms with Crippen molar-refractivity contribution in [1.82, 2.24) is 16.0 Å². The highest BCUT2D eigenvalue weighted by Crippen LogP contribution is 2.07. The maximum absolute atomic E-state index is 12.3. The molecule has 3 unspecified atom stereocenters. The van der Waals surface area contributed by atoms with Crippen molar-refractivity contribution in [2.45, 2.75) is 52.7 Å². The van der Waals surface area contributed by atoms with E-state index in [2.05, 4.69) is 16.0 Å². The molecule has 3 atom stereocenters. The van der Waals surface area contributed by atoms with Crippen LogP contribution in [0.15, 0.2) is 0 Å². The predicted octanol–water partition coefficient (Wildman–Crippen LogP) is -1.18. The molecule has 0 heterocycles.